The van der Waals surface area contributed by atoms with Gasteiger partial charge in [0.15, 0.2) is 0 Å². The molecule has 0 radical (unpaired) electrons. The third kappa shape index (κ3) is 4.01. The first kappa shape index (κ1) is 16.6. The van der Waals surface area contributed by atoms with Gasteiger partial charge < -0.3 is 5.11 Å². The number of sulfonamides is 1. The number of halogens is 1. The molecule has 2 N–H and O–H groups in total. The molecule has 0 unspecified atom stereocenters. The Labute approximate surface area is 117 Å². The molecule has 0 aromatic heterocycles. The number of carboxylic acid groups (broad SMARTS) is 1. The molecule has 112 valence electrons. The minimum absolute atomic E-state index is 0.0128. The summed E-state index contributed by atoms with van der Waals surface area (Å²) in [6, 6.07) is 2.68. The molecule has 0 aliphatic rings. The van der Waals surface area contributed by atoms with Gasteiger partial charge in [-0.15, -0.1) is 0 Å². The average Bonchev–Trinajstić information content (AvgIpc) is 2.30. The van der Waals surface area contributed by atoms with Crippen LogP contribution in [-0.2, 0) is 14.8 Å². The molecule has 1 atom stereocenters. The Bertz CT molecular complexity index is 598. The van der Waals surface area contributed by atoms with Crippen LogP contribution < -0.4 is 4.72 Å². The highest BCUT2D eigenvalue weighted by Crippen LogP contribution is 2.18. The van der Waals surface area contributed by atoms with E-state index in [2.05, 4.69) is 0 Å². The summed E-state index contributed by atoms with van der Waals surface area (Å²) in [5.41, 5.74) is 0.184. The lowest BCUT2D eigenvalue weighted by molar-refractivity contribution is -0.139. The van der Waals surface area contributed by atoms with Crippen LogP contribution in [0.1, 0.15) is 25.8 Å². The highest BCUT2D eigenvalue weighted by Gasteiger charge is 2.28. The Morgan fingerprint density at radius 1 is 1.40 bits per heavy atom. The maximum Gasteiger partial charge on any atom is 0.321 e. The summed E-state index contributed by atoms with van der Waals surface area (Å²) in [6.07, 6.45) is 0.127. The molecule has 0 aliphatic carbocycles. The SMILES string of the molecule is Cc1cccc(S(=O)(=O)N[C@@H](CC(C)C)C(=O)O)c1F. The molecule has 0 fully saturated rings. The first-order chi connectivity index (χ1) is 9.15. The average molecular weight is 303 g/mol. The Kier molecular flexibility index (Phi) is 5.24. The van der Waals surface area contributed by atoms with Crippen LogP contribution >= 0.6 is 0 Å². The van der Waals surface area contributed by atoms with Gasteiger partial charge in [-0.05, 0) is 30.9 Å². The molecule has 0 amide bonds. The number of nitrogens with one attached hydrogen (secondary N) is 1. The third-order valence-electron chi connectivity index (χ3n) is 2.75. The lowest BCUT2D eigenvalue weighted by Crippen LogP contribution is -2.41. The van der Waals surface area contributed by atoms with Crippen LogP contribution in [0.15, 0.2) is 23.1 Å². The van der Waals surface area contributed by atoms with E-state index >= 15 is 0 Å². The number of carboxylic acids is 1. The predicted molar refractivity (Wildman–Crippen MR) is 72.3 cm³/mol. The number of aryl methyl sites for hydroxylation is 1. The van der Waals surface area contributed by atoms with Crippen LogP contribution in [0.3, 0.4) is 0 Å². The number of aliphatic carboxylic acids is 1. The fourth-order valence-corrected chi connectivity index (χ4v) is 3.10. The summed E-state index contributed by atoms with van der Waals surface area (Å²) in [7, 11) is -4.21. The van der Waals surface area contributed by atoms with E-state index in [1.54, 1.807) is 13.8 Å². The van der Waals surface area contributed by atoms with E-state index in [1.165, 1.54) is 19.1 Å². The van der Waals surface area contributed by atoms with Crippen molar-refractivity contribution in [1.82, 2.24) is 4.72 Å². The van der Waals surface area contributed by atoms with E-state index in [4.69, 9.17) is 5.11 Å². The first-order valence-electron chi connectivity index (χ1n) is 6.15. The molecule has 7 heteroatoms. The number of benzene rings is 1. The van der Waals surface area contributed by atoms with Gasteiger partial charge in [-0.2, -0.15) is 4.72 Å². The first-order valence-corrected chi connectivity index (χ1v) is 7.63. The lowest BCUT2D eigenvalue weighted by Gasteiger charge is -2.17. The predicted octanol–water partition coefficient (Wildman–Crippen LogP) is 1.91. The molecular weight excluding hydrogens is 285 g/mol. The van der Waals surface area contributed by atoms with Crippen molar-refractivity contribution in [3.05, 3.63) is 29.6 Å². The van der Waals surface area contributed by atoms with E-state index < -0.39 is 32.7 Å². The quantitative estimate of drug-likeness (QED) is 0.841. The second-order valence-electron chi connectivity index (χ2n) is 5.03. The van der Waals surface area contributed by atoms with Crippen LogP contribution in [0.4, 0.5) is 4.39 Å². The van der Waals surface area contributed by atoms with Gasteiger partial charge in [0.2, 0.25) is 10.0 Å². The third-order valence-corrected chi connectivity index (χ3v) is 4.24. The van der Waals surface area contributed by atoms with E-state index in [0.717, 1.165) is 6.07 Å². The van der Waals surface area contributed by atoms with Crippen molar-refractivity contribution in [1.29, 1.82) is 0 Å². The Hall–Kier alpha value is -1.47. The number of hydrogen-bond donors (Lipinski definition) is 2. The molecule has 0 heterocycles. The van der Waals surface area contributed by atoms with E-state index in [9.17, 15) is 17.6 Å². The Balaban J connectivity index is 3.10. The second-order valence-corrected chi connectivity index (χ2v) is 6.71. The van der Waals surface area contributed by atoms with Crippen LogP contribution in [0, 0.1) is 18.7 Å². The number of rotatable bonds is 6. The van der Waals surface area contributed by atoms with Crippen molar-refractivity contribution in [3.63, 3.8) is 0 Å². The van der Waals surface area contributed by atoms with Gasteiger partial charge in [0.25, 0.3) is 0 Å². The molecule has 5 nitrogen and oxygen atoms in total. The summed E-state index contributed by atoms with van der Waals surface area (Å²) in [5.74, 6) is -2.16. The molecule has 1 aromatic rings. The van der Waals surface area contributed by atoms with Crippen LogP contribution in [-0.4, -0.2) is 25.5 Å². The largest absolute Gasteiger partial charge is 0.480 e. The zero-order valence-electron chi connectivity index (χ0n) is 11.6. The molecule has 0 aliphatic heterocycles. The van der Waals surface area contributed by atoms with Gasteiger partial charge in [-0.1, -0.05) is 26.0 Å². The Morgan fingerprint density at radius 2 is 2.00 bits per heavy atom. The minimum atomic E-state index is -4.21. The molecule has 0 bridgehead atoms. The smallest absolute Gasteiger partial charge is 0.321 e. The van der Waals surface area contributed by atoms with E-state index in [0.29, 0.717) is 0 Å². The van der Waals surface area contributed by atoms with Gasteiger partial charge in [0, 0.05) is 0 Å². The molecular formula is C13H18FNO4S. The molecule has 1 aromatic carbocycles. The van der Waals surface area contributed by atoms with Crippen molar-refractivity contribution in [2.24, 2.45) is 5.92 Å². The van der Waals surface area contributed by atoms with E-state index in [-0.39, 0.29) is 17.9 Å². The standard InChI is InChI=1S/C13H18FNO4S/c1-8(2)7-10(13(16)17)15-20(18,19)11-6-4-5-9(3)12(11)14/h4-6,8,10,15H,7H2,1-3H3,(H,16,17)/t10-/m0/s1. The maximum absolute atomic E-state index is 13.8. The van der Waals surface area contributed by atoms with Gasteiger partial charge in [0.05, 0.1) is 0 Å². The van der Waals surface area contributed by atoms with Gasteiger partial charge >= 0.3 is 5.97 Å². The summed E-state index contributed by atoms with van der Waals surface area (Å²) >= 11 is 0. The van der Waals surface area contributed by atoms with Crippen LogP contribution in [0.2, 0.25) is 0 Å². The number of hydrogen-bond acceptors (Lipinski definition) is 3. The van der Waals surface area contributed by atoms with E-state index in [1.807, 2.05) is 4.72 Å². The molecule has 0 spiro atoms. The summed E-state index contributed by atoms with van der Waals surface area (Å²) in [4.78, 5) is 10.5. The van der Waals surface area contributed by atoms with Gasteiger partial charge in [-0.25, -0.2) is 12.8 Å². The lowest BCUT2D eigenvalue weighted by atomic mass is 10.1. The second kappa shape index (κ2) is 6.32. The fraction of sp³-hybridized carbons (Fsp3) is 0.462. The molecule has 20 heavy (non-hydrogen) atoms. The van der Waals surface area contributed by atoms with Crippen molar-refractivity contribution < 1.29 is 22.7 Å². The maximum atomic E-state index is 13.8. The zero-order chi connectivity index (χ0) is 15.5. The molecule has 0 saturated heterocycles. The monoisotopic (exact) mass is 303 g/mol. The Morgan fingerprint density at radius 3 is 2.50 bits per heavy atom. The molecule has 0 saturated carbocycles. The van der Waals surface area contributed by atoms with Crippen LogP contribution in [0.25, 0.3) is 0 Å². The number of carbonyl (C=O) groups is 1. The highest BCUT2D eigenvalue weighted by molar-refractivity contribution is 7.89. The van der Waals surface area contributed by atoms with Crippen molar-refractivity contribution in [3.8, 4) is 0 Å². The summed E-state index contributed by atoms with van der Waals surface area (Å²) in [6.45, 7) is 4.99. The normalized spacial score (nSPS) is 13.4. The summed E-state index contributed by atoms with van der Waals surface area (Å²) < 4.78 is 40.1. The molecule has 1 rings (SSSR count). The fourth-order valence-electron chi connectivity index (χ4n) is 1.75. The van der Waals surface area contributed by atoms with Gasteiger partial charge in [-0.3, -0.25) is 4.79 Å². The highest BCUT2D eigenvalue weighted by atomic mass is 32.2. The van der Waals surface area contributed by atoms with Crippen LogP contribution in [0.5, 0.6) is 0 Å². The van der Waals surface area contributed by atoms with Crippen molar-refractivity contribution in [2.75, 3.05) is 0 Å². The van der Waals surface area contributed by atoms with Gasteiger partial charge in [0.1, 0.15) is 16.8 Å². The van der Waals surface area contributed by atoms with Crippen molar-refractivity contribution >= 4 is 16.0 Å². The topological polar surface area (TPSA) is 83.5 Å². The summed E-state index contributed by atoms with van der Waals surface area (Å²) in [5, 5.41) is 9.04. The zero-order valence-corrected chi connectivity index (χ0v) is 12.4. The van der Waals surface area contributed by atoms with Crippen molar-refractivity contribution in [2.45, 2.75) is 38.1 Å². The minimum Gasteiger partial charge on any atom is -0.480 e.